The second kappa shape index (κ2) is 5.83. The van der Waals surface area contributed by atoms with Crippen LogP contribution in [0.5, 0.6) is 0 Å². The van der Waals surface area contributed by atoms with Crippen molar-refractivity contribution in [1.29, 1.82) is 0 Å². The van der Waals surface area contributed by atoms with Gasteiger partial charge in [-0.1, -0.05) is 6.42 Å². The lowest BCUT2D eigenvalue weighted by Gasteiger charge is -2.20. The fourth-order valence-corrected chi connectivity index (χ4v) is 3.79. The van der Waals surface area contributed by atoms with Crippen LogP contribution in [0.25, 0.3) is 5.65 Å². The predicted molar refractivity (Wildman–Crippen MR) is 78.1 cm³/mol. The van der Waals surface area contributed by atoms with E-state index in [1.54, 1.807) is 18.3 Å². The smallest absolute Gasteiger partial charge is 0.339 e. The van der Waals surface area contributed by atoms with E-state index in [2.05, 4.69) is 10.2 Å². The van der Waals surface area contributed by atoms with Gasteiger partial charge in [-0.15, -0.1) is 10.2 Å². The Balaban J connectivity index is 1.88. The highest BCUT2D eigenvalue weighted by Crippen LogP contribution is 2.27. The summed E-state index contributed by atoms with van der Waals surface area (Å²) in [5.41, 5.74) is 1.30. The second-order valence-electron chi connectivity index (χ2n) is 4.95. The molecule has 3 rings (SSSR count). The van der Waals surface area contributed by atoms with Crippen LogP contribution in [0.2, 0.25) is 0 Å². The number of ether oxygens (including phenoxy) is 1. The molecule has 0 amide bonds. The molecule has 0 saturated carbocycles. The Morgan fingerprint density at radius 2 is 2.35 bits per heavy atom. The van der Waals surface area contributed by atoms with Gasteiger partial charge in [-0.25, -0.2) is 4.79 Å². The third-order valence-corrected chi connectivity index (χ3v) is 4.98. The maximum absolute atomic E-state index is 11.6. The molecule has 106 valence electrons. The van der Waals surface area contributed by atoms with Crippen LogP contribution in [0.4, 0.5) is 0 Å². The lowest BCUT2D eigenvalue weighted by molar-refractivity contribution is 0.0600. The van der Waals surface area contributed by atoms with E-state index in [-0.39, 0.29) is 5.97 Å². The van der Waals surface area contributed by atoms with Crippen LogP contribution in [0, 0.1) is 0 Å². The number of esters is 1. The van der Waals surface area contributed by atoms with E-state index in [1.165, 1.54) is 32.1 Å². The molecule has 0 radical (unpaired) electrons. The molecule has 2 aromatic heterocycles. The molecule has 20 heavy (non-hydrogen) atoms. The third kappa shape index (κ3) is 2.65. The Hall–Kier alpha value is -1.56. The largest absolute Gasteiger partial charge is 0.465 e. The fraction of sp³-hybridized carbons (Fsp3) is 0.500. The van der Waals surface area contributed by atoms with Crippen LogP contribution in [-0.2, 0) is 11.2 Å². The average Bonchev–Trinajstić information content (AvgIpc) is 2.90. The Morgan fingerprint density at radius 1 is 1.45 bits per heavy atom. The molecule has 1 unspecified atom stereocenters. The van der Waals surface area contributed by atoms with Crippen LogP contribution in [-0.4, -0.2) is 38.7 Å². The van der Waals surface area contributed by atoms with Gasteiger partial charge >= 0.3 is 5.97 Å². The Labute approximate surface area is 121 Å². The number of rotatable bonds is 3. The van der Waals surface area contributed by atoms with Crippen LogP contribution in [0.15, 0.2) is 18.3 Å². The number of fused-ring (bicyclic) bond motifs is 1. The molecule has 3 heterocycles. The Morgan fingerprint density at radius 3 is 3.10 bits per heavy atom. The zero-order valence-electron chi connectivity index (χ0n) is 11.4. The van der Waals surface area contributed by atoms with Gasteiger partial charge in [0, 0.05) is 17.9 Å². The lowest BCUT2D eigenvalue weighted by Crippen LogP contribution is -2.14. The molecule has 1 fully saturated rings. The SMILES string of the molecule is COC(=O)c1ccc2nnc(CC3CCCCS3)n2c1. The van der Waals surface area contributed by atoms with Crippen molar-refractivity contribution in [3.63, 3.8) is 0 Å². The maximum Gasteiger partial charge on any atom is 0.339 e. The number of hydrogen-bond acceptors (Lipinski definition) is 5. The third-order valence-electron chi connectivity index (χ3n) is 3.58. The molecule has 1 aliphatic heterocycles. The second-order valence-corrected chi connectivity index (χ2v) is 6.35. The van der Waals surface area contributed by atoms with Crippen molar-refractivity contribution in [1.82, 2.24) is 14.6 Å². The lowest BCUT2D eigenvalue weighted by atomic mass is 10.1. The Bertz CT molecular complexity index is 620. The van der Waals surface area contributed by atoms with E-state index in [9.17, 15) is 4.79 Å². The standard InChI is InChI=1S/C14H17N3O2S/c1-19-14(18)10-5-6-12-15-16-13(17(12)9-10)8-11-4-2-3-7-20-11/h5-6,9,11H,2-4,7-8H2,1H3. The zero-order valence-corrected chi connectivity index (χ0v) is 12.2. The van der Waals surface area contributed by atoms with Crippen molar-refractivity contribution >= 4 is 23.4 Å². The summed E-state index contributed by atoms with van der Waals surface area (Å²) in [7, 11) is 1.39. The van der Waals surface area contributed by atoms with E-state index >= 15 is 0 Å². The molecule has 1 atom stereocenters. The van der Waals surface area contributed by atoms with Gasteiger partial charge in [-0.05, 0) is 30.7 Å². The van der Waals surface area contributed by atoms with Crippen molar-refractivity contribution in [3.05, 3.63) is 29.7 Å². The number of pyridine rings is 1. The monoisotopic (exact) mass is 291 g/mol. The van der Waals surface area contributed by atoms with Crippen LogP contribution in [0.3, 0.4) is 0 Å². The summed E-state index contributed by atoms with van der Waals surface area (Å²) in [4.78, 5) is 11.6. The summed E-state index contributed by atoms with van der Waals surface area (Å²) < 4.78 is 6.66. The van der Waals surface area contributed by atoms with Crippen LogP contribution >= 0.6 is 11.8 Å². The first-order chi connectivity index (χ1) is 9.78. The molecule has 0 aromatic carbocycles. The molecular formula is C14H17N3O2S. The maximum atomic E-state index is 11.6. The minimum Gasteiger partial charge on any atom is -0.465 e. The van der Waals surface area contributed by atoms with Gasteiger partial charge in [0.2, 0.25) is 0 Å². The number of methoxy groups -OCH3 is 1. The number of carbonyl (C=O) groups is 1. The van der Waals surface area contributed by atoms with Crippen molar-refractivity contribution in [2.24, 2.45) is 0 Å². The highest BCUT2D eigenvalue weighted by Gasteiger charge is 2.18. The van der Waals surface area contributed by atoms with Gasteiger partial charge in [-0.3, -0.25) is 4.40 Å². The summed E-state index contributed by atoms with van der Waals surface area (Å²) >= 11 is 2.01. The first-order valence-corrected chi connectivity index (χ1v) is 7.86. The van der Waals surface area contributed by atoms with Gasteiger partial charge in [0.25, 0.3) is 0 Å². The highest BCUT2D eigenvalue weighted by atomic mass is 32.2. The van der Waals surface area contributed by atoms with Gasteiger partial charge in [0.05, 0.1) is 12.7 Å². The Kier molecular flexibility index (Phi) is 3.91. The number of aromatic nitrogens is 3. The average molecular weight is 291 g/mol. The molecule has 1 saturated heterocycles. The summed E-state index contributed by atoms with van der Waals surface area (Å²) in [6, 6.07) is 3.52. The highest BCUT2D eigenvalue weighted by molar-refractivity contribution is 7.99. The molecule has 6 heteroatoms. The van der Waals surface area contributed by atoms with Gasteiger partial charge < -0.3 is 4.74 Å². The number of carbonyl (C=O) groups excluding carboxylic acids is 1. The first kappa shape index (κ1) is 13.4. The summed E-state index contributed by atoms with van der Waals surface area (Å²) in [5, 5.41) is 9.03. The van der Waals surface area contributed by atoms with Crippen molar-refractivity contribution < 1.29 is 9.53 Å². The van der Waals surface area contributed by atoms with Crippen molar-refractivity contribution in [2.75, 3.05) is 12.9 Å². The molecule has 5 nitrogen and oxygen atoms in total. The first-order valence-electron chi connectivity index (χ1n) is 6.81. The van der Waals surface area contributed by atoms with Crippen molar-refractivity contribution in [2.45, 2.75) is 30.9 Å². The number of hydrogen-bond donors (Lipinski definition) is 0. The van der Waals surface area contributed by atoms with E-state index in [1.807, 2.05) is 16.2 Å². The minimum atomic E-state index is -0.335. The van der Waals surface area contributed by atoms with Crippen LogP contribution < -0.4 is 0 Å². The molecule has 1 aliphatic rings. The number of nitrogens with zero attached hydrogens (tertiary/aromatic N) is 3. The van der Waals surface area contributed by atoms with E-state index in [0.717, 1.165) is 17.9 Å². The van der Waals surface area contributed by atoms with Gasteiger partial charge in [0.15, 0.2) is 5.65 Å². The van der Waals surface area contributed by atoms with E-state index < -0.39 is 0 Å². The van der Waals surface area contributed by atoms with Gasteiger partial charge in [-0.2, -0.15) is 11.8 Å². The molecule has 0 aliphatic carbocycles. The van der Waals surface area contributed by atoms with E-state index in [0.29, 0.717) is 10.8 Å². The van der Waals surface area contributed by atoms with Crippen LogP contribution in [0.1, 0.15) is 35.4 Å². The molecule has 0 spiro atoms. The molecule has 0 N–H and O–H groups in total. The van der Waals surface area contributed by atoms with Crippen molar-refractivity contribution in [3.8, 4) is 0 Å². The summed E-state index contributed by atoms with van der Waals surface area (Å²) in [6.07, 6.45) is 6.51. The minimum absolute atomic E-state index is 0.335. The van der Waals surface area contributed by atoms with E-state index in [4.69, 9.17) is 4.74 Å². The molecule has 0 bridgehead atoms. The molecular weight excluding hydrogens is 274 g/mol. The normalized spacial score (nSPS) is 19.1. The predicted octanol–water partition coefficient (Wildman–Crippen LogP) is 2.34. The number of thioether (sulfide) groups is 1. The summed E-state index contributed by atoms with van der Waals surface area (Å²) in [5.74, 6) is 1.82. The quantitative estimate of drug-likeness (QED) is 0.812. The molecule has 2 aromatic rings. The van der Waals surface area contributed by atoms with Gasteiger partial charge in [0.1, 0.15) is 5.82 Å². The fourth-order valence-electron chi connectivity index (χ4n) is 2.49. The summed E-state index contributed by atoms with van der Waals surface area (Å²) in [6.45, 7) is 0. The zero-order chi connectivity index (χ0) is 13.9. The topological polar surface area (TPSA) is 56.5 Å².